The first-order valence-corrected chi connectivity index (χ1v) is 6.54. The number of hydroxylamine groups is 1. The van der Waals surface area contributed by atoms with E-state index >= 15 is 0 Å². The lowest BCUT2D eigenvalue weighted by Gasteiger charge is -2.10. The highest BCUT2D eigenvalue weighted by molar-refractivity contribution is 5.00. The van der Waals surface area contributed by atoms with Crippen molar-refractivity contribution in [3.05, 3.63) is 55.9 Å². The zero-order valence-corrected chi connectivity index (χ0v) is 12.0. The Kier molecular flexibility index (Phi) is 11.7. The molecular formula is C13H19N5O4. The molecule has 0 atom stereocenters. The van der Waals surface area contributed by atoms with E-state index < -0.39 is 0 Å². The van der Waals surface area contributed by atoms with Crippen LogP contribution in [0.1, 0.15) is 0 Å². The molecule has 0 aliphatic carbocycles. The van der Waals surface area contributed by atoms with E-state index in [2.05, 4.69) is 39.9 Å². The highest BCUT2D eigenvalue weighted by atomic mass is 16.6. The van der Waals surface area contributed by atoms with Crippen molar-refractivity contribution < 1.29 is 18.5 Å². The lowest BCUT2D eigenvalue weighted by molar-refractivity contribution is 0.109. The molecule has 0 amide bonds. The van der Waals surface area contributed by atoms with E-state index in [-0.39, 0.29) is 0 Å². The van der Waals surface area contributed by atoms with Gasteiger partial charge in [0.1, 0.15) is 18.8 Å². The SMILES string of the molecule is C1=CNOC=C1.C1COCCN1.c1cocn1.c1conn1. The molecule has 9 nitrogen and oxygen atoms in total. The third-order valence-electron chi connectivity index (χ3n) is 1.97. The summed E-state index contributed by atoms with van der Waals surface area (Å²) in [6, 6.07) is 0. The summed E-state index contributed by atoms with van der Waals surface area (Å²) in [6.45, 7) is 3.83. The van der Waals surface area contributed by atoms with Crippen LogP contribution in [0.5, 0.6) is 0 Å². The van der Waals surface area contributed by atoms with Gasteiger partial charge in [0.05, 0.1) is 25.6 Å². The molecule has 0 saturated carbocycles. The average Bonchev–Trinajstić information content (AvgIpc) is 3.37. The summed E-state index contributed by atoms with van der Waals surface area (Å²) in [6.07, 6.45) is 14.3. The molecule has 2 aliphatic rings. The van der Waals surface area contributed by atoms with Gasteiger partial charge in [0.25, 0.3) is 0 Å². The first kappa shape index (κ1) is 17.4. The van der Waals surface area contributed by atoms with Crippen molar-refractivity contribution in [2.45, 2.75) is 0 Å². The van der Waals surface area contributed by atoms with Crippen LogP contribution in [0.2, 0.25) is 0 Å². The normalized spacial score (nSPS) is 14.5. The molecule has 2 aromatic rings. The quantitative estimate of drug-likeness (QED) is 0.733. The predicted octanol–water partition coefficient (Wildman–Crippen LogP) is 0.899. The van der Waals surface area contributed by atoms with Crippen LogP contribution < -0.4 is 10.8 Å². The molecule has 9 heteroatoms. The first-order chi connectivity index (χ1) is 11.0. The van der Waals surface area contributed by atoms with Crippen LogP contribution in [0.15, 0.2) is 64.9 Å². The number of allylic oxidation sites excluding steroid dienone is 2. The number of rotatable bonds is 0. The van der Waals surface area contributed by atoms with Gasteiger partial charge >= 0.3 is 0 Å². The molecular weight excluding hydrogens is 290 g/mol. The lowest BCUT2D eigenvalue weighted by Crippen LogP contribution is -2.30. The molecule has 1 fully saturated rings. The molecule has 0 unspecified atom stereocenters. The van der Waals surface area contributed by atoms with Crippen LogP contribution >= 0.6 is 0 Å². The Balaban J connectivity index is 0.000000147. The van der Waals surface area contributed by atoms with Crippen molar-refractivity contribution in [3.8, 4) is 0 Å². The average molecular weight is 309 g/mol. The number of aromatic nitrogens is 3. The molecule has 1 saturated heterocycles. The molecule has 120 valence electrons. The number of ether oxygens (including phenoxy) is 1. The van der Waals surface area contributed by atoms with Gasteiger partial charge in [-0.2, -0.15) is 0 Å². The number of nitrogens with zero attached hydrogens (tertiary/aromatic N) is 3. The minimum Gasteiger partial charge on any atom is -0.452 e. The molecule has 0 aromatic carbocycles. The number of nitrogens with one attached hydrogen (secondary N) is 2. The first-order valence-electron chi connectivity index (χ1n) is 6.54. The van der Waals surface area contributed by atoms with Crippen molar-refractivity contribution in [1.82, 2.24) is 26.2 Å². The Morgan fingerprint density at radius 2 is 1.91 bits per heavy atom. The van der Waals surface area contributed by atoms with Gasteiger partial charge < -0.3 is 23.8 Å². The zero-order chi connectivity index (χ0) is 15.6. The van der Waals surface area contributed by atoms with Gasteiger partial charge in [0.2, 0.25) is 0 Å². The van der Waals surface area contributed by atoms with Crippen LogP contribution in [0.4, 0.5) is 0 Å². The summed E-state index contributed by atoms with van der Waals surface area (Å²) in [5, 5.41) is 9.56. The number of hydrogen-bond donors (Lipinski definition) is 2. The topological polar surface area (TPSA) is 107 Å². The van der Waals surface area contributed by atoms with Gasteiger partial charge in [-0.25, -0.2) is 10.5 Å². The van der Waals surface area contributed by atoms with Crippen molar-refractivity contribution >= 4 is 0 Å². The zero-order valence-electron chi connectivity index (χ0n) is 12.0. The minimum absolute atomic E-state index is 0.889. The maximum atomic E-state index is 5.01. The van der Waals surface area contributed by atoms with E-state index in [4.69, 9.17) is 4.74 Å². The molecule has 2 aromatic heterocycles. The maximum Gasteiger partial charge on any atom is 0.180 e. The van der Waals surface area contributed by atoms with E-state index in [1.54, 1.807) is 24.7 Å². The molecule has 4 heterocycles. The van der Waals surface area contributed by atoms with E-state index in [0.29, 0.717) is 0 Å². The summed E-state index contributed by atoms with van der Waals surface area (Å²) in [5.41, 5.74) is 2.52. The highest BCUT2D eigenvalue weighted by Crippen LogP contribution is 1.80. The van der Waals surface area contributed by atoms with Gasteiger partial charge in [-0.15, -0.1) is 5.10 Å². The van der Waals surface area contributed by atoms with Crippen LogP contribution in [0, 0.1) is 0 Å². The monoisotopic (exact) mass is 309 g/mol. The van der Waals surface area contributed by atoms with E-state index in [1.165, 1.54) is 25.1 Å². The molecule has 2 aliphatic heterocycles. The van der Waals surface area contributed by atoms with Crippen molar-refractivity contribution in [3.63, 3.8) is 0 Å². The largest absolute Gasteiger partial charge is 0.452 e. The minimum atomic E-state index is 0.889. The van der Waals surface area contributed by atoms with E-state index in [1.807, 2.05) is 6.08 Å². The summed E-state index contributed by atoms with van der Waals surface area (Å²) in [7, 11) is 0. The number of morpholine rings is 1. The third-order valence-corrected chi connectivity index (χ3v) is 1.97. The van der Waals surface area contributed by atoms with Crippen LogP contribution in [0.25, 0.3) is 0 Å². The molecule has 22 heavy (non-hydrogen) atoms. The molecule has 0 spiro atoms. The van der Waals surface area contributed by atoms with E-state index in [9.17, 15) is 0 Å². The van der Waals surface area contributed by atoms with Gasteiger partial charge in [-0.1, -0.05) is 0 Å². The van der Waals surface area contributed by atoms with Crippen molar-refractivity contribution in [1.29, 1.82) is 0 Å². The number of oxazole rings is 1. The summed E-state index contributed by atoms with van der Waals surface area (Å²) < 4.78 is 13.7. The van der Waals surface area contributed by atoms with Crippen molar-refractivity contribution in [2.24, 2.45) is 0 Å². The maximum absolute atomic E-state index is 5.01. The fraction of sp³-hybridized carbons (Fsp3) is 0.308. The summed E-state index contributed by atoms with van der Waals surface area (Å²) >= 11 is 0. The Labute approximate surface area is 127 Å². The van der Waals surface area contributed by atoms with Gasteiger partial charge in [0, 0.05) is 24.6 Å². The third kappa shape index (κ3) is 12.4. The second-order valence-corrected chi connectivity index (χ2v) is 3.55. The molecule has 2 N–H and O–H groups in total. The second kappa shape index (κ2) is 14.8. The standard InChI is InChI=1S/C4H9NO.C4H5NO.C3H3NO.C2H2N2O/c1-3-6-4-2-5-1;1-2-4-6-5-3-1;1-2-5-3-4-1;1-2-5-4-3-1/h5H,1-4H2;1-5H;1-3H;1-2H. The van der Waals surface area contributed by atoms with Crippen molar-refractivity contribution in [2.75, 3.05) is 26.3 Å². The molecule has 0 bridgehead atoms. The Hall–Kier alpha value is -2.65. The fourth-order valence-corrected chi connectivity index (χ4v) is 1.09. The Bertz CT molecular complexity index is 371. The predicted molar refractivity (Wildman–Crippen MR) is 77.0 cm³/mol. The molecule has 0 radical (unpaired) electrons. The lowest BCUT2D eigenvalue weighted by atomic mass is 10.5. The van der Waals surface area contributed by atoms with Crippen LogP contribution in [-0.2, 0) is 9.57 Å². The summed E-state index contributed by atoms with van der Waals surface area (Å²) in [4.78, 5) is 8.11. The van der Waals surface area contributed by atoms with Crippen LogP contribution in [-0.4, -0.2) is 41.7 Å². The van der Waals surface area contributed by atoms with Gasteiger partial charge in [-0.05, 0) is 12.2 Å². The highest BCUT2D eigenvalue weighted by Gasteiger charge is 1.92. The summed E-state index contributed by atoms with van der Waals surface area (Å²) in [5.74, 6) is 0. The fourth-order valence-electron chi connectivity index (χ4n) is 1.09. The number of hydrogen-bond acceptors (Lipinski definition) is 9. The Morgan fingerprint density at radius 1 is 1.00 bits per heavy atom. The van der Waals surface area contributed by atoms with E-state index in [0.717, 1.165) is 26.3 Å². The smallest absolute Gasteiger partial charge is 0.180 e. The Morgan fingerprint density at radius 3 is 2.09 bits per heavy atom. The molecule has 4 rings (SSSR count). The van der Waals surface area contributed by atoms with Gasteiger partial charge in [-0.3, -0.25) is 0 Å². The van der Waals surface area contributed by atoms with Crippen LogP contribution in [0.3, 0.4) is 0 Å². The van der Waals surface area contributed by atoms with Gasteiger partial charge in [0.15, 0.2) is 6.39 Å². The second-order valence-electron chi connectivity index (χ2n) is 3.55.